The second-order valence-corrected chi connectivity index (χ2v) is 5.48. The second kappa shape index (κ2) is 7.43. The van der Waals surface area contributed by atoms with Crippen LogP contribution < -0.4 is 10.6 Å². The average molecular weight is 350 g/mol. The van der Waals surface area contributed by atoms with Gasteiger partial charge in [0.15, 0.2) is 0 Å². The summed E-state index contributed by atoms with van der Waals surface area (Å²) in [7, 11) is 0. The summed E-state index contributed by atoms with van der Waals surface area (Å²) in [6, 6.07) is 17.3. The van der Waals surface area contributed by atoms with Crippen LogP contribution in [0.15, 0.2) is 60.8 Å². The van der Waals surface area contributed by atoms with Gasteiger partial charge >= 0.3 is 0 Å². The summed E-state index contributed by atoms with van der Waals surface area (Å²) in [6.45, 7) is 0. The number of rotatable bonds is 4. The molecule has 0 spiro atoms. The molecule has 0 radical (unpaired) electrons. The summed E-state index contributed by atoms with van der Waals surface area (Å²) in [5, 5.41) is 15.2. The van der Waals surface area contributed by atoms with Gasteiger partial charge in [0.05, 0.1) is 11.6 Å². The number of halogens is 1. The Balaban J connectivity index is 1.75. The maximum absolute atomic E-state index is 12.3. The van der Waals surface area contributed by atoms with Crippen molar-refractivity contribution in [2.24, 2.45) is 0 Å². The van der Waals surface area contributed by atoms with Gasteiger partial charge in [-0.25, -0.2) is 9.97 Å². The smallest absolute Gasteiger partial charge is 0.274 e. The fourth-order valence-corrected chi connectivity index (χ4v) is 2.20. The molecule has 2 aromatic carbocycles. The molecule has 0 atom stereocenters. The van der Waals surface area contributed by atoms with Crippen LogP contribution in [0.2, 0.25) is 5.02 Å². The first-order chi connectivity index (χ1) is 12.1. The number of carbonyl (C=O) groups excluding carboxylic acids is 1. The van der Waals surface area contributed by atoms with E-state index in [0.717, 1.165) is 0 Å². The predicted octanol–water partition coefficient (Wildman–Crippen LogP) is 4.00. The Morgan fingerprint density at radius 3 is 2.64 bits per heavy atom. The number of benzene rings is 2. The van der Waals surface area contributed by atoms with Gasteiger partial charge in [-0.3, -0.25) is 4.79 Å². The summed E-state index contributed by atoms with van der Waals surface area (Å²) >= 11 is 5.82. The Hall–Kier alpha value is -3.43. The molecular weight excluding hydrogens is 338 g/mol. The molecule has 1 heterocycles. The molecule has 0 saturated heterocycles. The number of aromatic nitrogens is 2. The highest BCUT2D eigenvalue weighted by atomic mass is 35.5. The van der Waals surface area contributed by atoms with Gasteiger partial charge in [0.1, 0.15) is 5.69 Å². The highest BCUT2D eigenvalue weighted by Gasteiger charge is 2.09. The van der Waals surface area contributed by atoms with E-state index in [2.05, 4.69) is 26.7 Å². The molecule has 0 fully saturated rings. The van der Waals surface area contributed by atoms with Crippen molar-refractivity contribution >= 4 is 34.8 Å². The Bertz CT molecular complexity index is 950. The third-order valence-electron chi connectivity index (χ3n) is 3.24. The number of nitriles is 1. The molecule has 0 aliphatic heterocycles. The zero-order valence-electron chi connectivity index (χ0n) is 12.9. The molecule has 3 rings (SSSR count). The molecule has 122 valence electrons. The van der Waals surface area contributed by atoms with E-state index in [1.165, 1.54) is 12.3 Å². The predicted molar refractivity (Wildman–Crippen MR) is 95.9 cm³/mol. The normalized spacial score (nSPS) is 9.92. The minimum absolute atomic E-state index is 0.212. The van der Waals surface area contributed by atoms with Crippen LogP contribution in [0.4, 0.5) is 17.3 Å². The van der Waals surface area contributed by atoms with Gasteiger partial charge in [-0.1, -0.05) is 17.7 Å². The molecule has 0 bridgehead atoms. The molecule has 2 N–H and O–H groups in total. The number of anilines is 3. The molecule has 6 nitrogen and oxygen atoms in total. The molecule has 0 aliphatic rings. The lowest BCUT2D eigenvalue weighted by Crippen LogP contribution is -2.14. The van der Waals surface area contributed by atoms with Crippen molar-refractivity contribution in [3.63, 3.8) is 0 Å². The average Bonchev–Trinajstić information content (AvgIpc) is 2.64. The van der Waals surface area contributed by atoms with Gasteiger partial charge in [-0.2, -0.15) is 5.26 Å². The van der Waals surface area contributed by atoms with E-state index in [9.17, 15) is 4.79 Å². The SMILES string of the molecule is N#Cc1cccc(Nc2nccc(C(=O)Nc3ccc(Cl)cc3)n2)c1. The number of amides is 1. The van der Waals surface area contributed by atoms with E-state index in [1.54, 1.807) is 48.5 Å². The summed E-state index contributed by atoms with van der Waals surface area (Å²) in [5.74, 6) is -0.0996. The minimum atomic E-state index is -0.362. The number of hydrogen-bond acceptors (Lipinski definition) is 5. The van der Waals surface area contributed by atoms with Crippen molar-refractivity contribution in [3.8, 4) is 6.07 Å². The third-order valence-corrected chi connectivity index (χ3v) is 3.49. The van der Waals surface area contributed by atoms with E-state index >= 15 is 0 Å². The van der Waals surface area contributed by atoms with Gasteiger partial charge in [0.2, 0.25) is 5.95 Å². The molecule has 3 aromatic rings. The van der Waals surface area contributed by atoms with Gasteiger partial charge in [0, 0.05) is 22.6 Å². The Morgan fingerprint density at radius 1 is 1.08 bits per heavy atom. The summed E-state index contributed by atoms with van der Waals surface area (Å²) in [6.07, 6.45) is 1.49. The van der Waals surface area contributed by atoms with E-state index in [-0.39, 0.29) is 17.5 Å². The minimum Gasteiger partial charge on any atom is -0.324 e. The zero-order valence-corrected chi connectivity index (χ0v) is 13.7. The van der Waals surface area contributed by atoms with Gasteiger partial charge < -0.3 is 10.6 Å². The van der Waals surface area contributed by atoms with E-state index in [0.29, 0.717) is 22.0 Å². The molecule has 0 unspecified atom stereocenters. The molecule has 1 amide bonds. The number of carbonyl (C=O) groups is 1. The first kappa shape index (κ1) is 16.4. The lowest BCUT2D eigenvalue weighted by atomic mass is 10.2. The topological polar surface area (TPSA) is 90.7 Å². The number of nitrogens with one attached hydrogen (secondary N) is 2. The van der Waals surface area contributed by atoms with Crippen LogP contribution in [0.1, 0.15) is 16.1 Å². The van der Waals surface area contributed by atoms with Crippen LogP contribution in [-0.4, -0.2) is 15.9 Å². The third kappa shape index (κ3) is 4.31. The van der Waals surface area contributed by atoms with E-state index in [4.69, 9.17) is 16.9 Å². The van der Waals surface area contributed by atoms with Crippen molar-refractivity contribution in [3.05, 3.63) is 77.1 Å². The quantitative estimate of drug-likeness (QED) is 0.743. The first-order valence-corrected chi connectivity index (χ1v) is 7.69. The molecule has 7 heteroatoms. The summed E-state index contributed by atoms with van der Waals surface area (Å²) < 4.78 is 0. The van der Waals surface area contributed by atoms with E-state index < -0.39 is 0 Å². The van der Waals surface area contributed by atoms with Crippen molar-refractivity contribution in [2.75, 3.05) is 10.6 Å². The second-order valence-electron chi connectivity index (χ2n) is 5.04. The molecular formula is C18H12ClN5O. The summed E-state index contributed by atoms with van der Waals surface area (Å²) in [4.78, 5) is 20.6. The highest BCUT2D eigenvalue weighted by molar-refractivity contribution is 6.30. The maximum Gasteiger partial charge on any atom is 0.274 e. The Labute approximate surface area is 149 Å². The largest absolute Gasteiger partial charge is 0.324 e. The van der Waals surface area contributed by atoms with Gasteiger partial charge in [-0.05, 0) is 48.5 Å². The lowest BCUT2D eigenvalue weighted by molar-refractivity contribution is 0.102. The fraction of sp³-hybridized carbons (Fsp3) is 0. The fourth-order valence-electron chi connectivity index (χ4n) is 2.07. The highest BCUT2D eigenvalue weighted by Crippen LogP contribution is 2.16. The molecule has 25 heavy (non-hydrogen) atoms. The zero-order chi connectivity index (χ0) is 17.6. The molecule has 0 saturated carbocycles. The Kier molecular flexibility index (Phi) is 4.88. The van der Waals surface area contributed by atoms with Crippen LogP contribution in [0, 0.1) is 11.3 Å². The van der Waals surface area contributed by atoms with Crippen molar-refractivity contribution in [1.29, 1.82) is 5.26 Å². The molecule has 0 aliphatic carbocycles. The Morgan fingerprint density at radius 2 is 1.88 bits per heavy atom. The van der Waals surface area contributed by atoms with E-state index in [1.807, 2.05) is 0 Å². The van der Waals surface area contributed by atoms with Crippen molar-refractivity contribution in [2.45, 2.75) is 0 Å². The lowest BCUT2D eigenvalue weighted by Gasteiger charge is -2.07. The monoisotopic (exact) mass is 349 g/mol. The first-order valence-electron chi connectivity index (χ1n) is 7.31. The van der Waals surface area contributed by atoms with Crippen molar-refractivity contribution < 1.29 is 4.79 Å². The summed E-state index contributed by atoms with van der Waals surface area (Å²) in [5.41, 5.74) is 2.00. The van der Waals surface area contributed by atoms with Crippen LogP contribution in [0.3, 0.4) is 0 Å². The maximum atomic E-state index is 12.3. The van der Waals surface area contributed by atoms with Crippen LogP contribution in [0.25, 0.3) is 0 Å². The molecule has 1 aromatic heterocycles. The van der Waals surface area contributed by atoms with Crippen LogP contribution in [-0.2, 0) is 0 Å². The van der Waals surface area contributed by atoms with Crippen LogP contribution >= 0.6 is 11.6 Å². The number of hydrogen-bond donors (Lipinski definition) is 2. The standard InChI is InChI=1S/C18H12ClN5O/c19-13-4-6-14(7-5-13)22-17(25)16-8-9-21-18(24-16)23-15-3-1-2-12(10-15)11-20/h1-10H,(H,22,25)(H,21,23,24). The van der Waals surface area contributed by atoms with Crippen molar-refractivity contribution in [1.82, 2.24) is 9.97 Å². The van der Waals surface area contributed by atoms with Crippen LogP contribution in [0.5, 0.6) is 0 Å². The van der Waals surface area contributed by atoms with Gasteiger partial charge in [0.25, 0.3) is 5.91 Å². The van der Waals surface area contributed by atoms with Gasteiger partial charge in [-0.15, -0.1) is 0 Å². The number of nitrogens with zero attached hydrogens (tertiary/aromatic N) is 3.